The van der Waals surface area contributed by atoms with Crippen molar-refractivity contribution in [2.24, 2.45) is 5.92 Å². The molecule has 1 atom stereocenters. The van der Waals surface area contributed by atoms with Crippen molar-refractivity contribution < 1.29 is 28.7 Å². The SMILES string of the molecule is CCCCCCCCCOC(=O)CCCCCCCN(CCCCCCCC(=O)OC(CCCCCCCC)CCCCCCCC)CCCN1C(=O)CC(CCC)C1=O. The normalized spacial score (nSPS) is 14.3. The number of amides is 2. The number of rotatable bonds is 45. The molecule has 1 unspecified atom stereocenters. The third-order valence-corrected chi connectivity index (χ3v) is 12.6. The Bertz CT molecular complexity index is 1020. The summed E-state index contributed by atoms with van der Waals surface area (Å²) in [5, 5.41) is 0. The monoisotopic (exact) mass is 847 g/mol. The van der Waals surface area contributed by atoms with Gasteiger partial charge in [0.1, 0.15) is 6.10 Å². The van der Waals surface area contributed by atoms with Gasteiger partial charge in [-0.05, 0) is 90.3 Å². The summed E-state index contributed by atoms with van der Waals surface area (Å²) in [6, 6.07) is 0. The molecule has 60 heavy (non-hydrogen) atoms. The quantitative estimate of drug-likeness (QED) is 0.0342. The first-order chi connectivity index (χ1) is 29.4. The van der Waals surface area contributed by atoms with E-state index in [9.17, 15) is 19.2 Å². The highest BCUT2D eigenvalue weighted by Crippen LogP contribution is 2.24. The van der Waals surface area contributed by atoms with Gasteiger partial charge in [-0.15, -0.1) is 0 Å². The number of esters is 2. The van der Waals surface area contributed by atoms with Gasteiger partial charge in [0.25, 0.3) is 0 Å². The van der Waals surface area contributed by atoms with Gasteiger partial charge in [-0.25, -0.2) is 0 Å². The average molecular weight is 847 g/mol. The van der Waals surface area contributed by atoms with E-state index in [4.69, 9.17) is 9.47 Å². The summed E-state index contributed by atoms with van der Waals surface area (Å²) in [6.07, 6.45) is 40.6. The third-order valence-electron chi connectivity index (χ3n) is 12.6. The zero-order chi connectivity index (χ0) is 43.7. The van der Waals surface area contributed by atoms with Gasteiger partial charge in [0.2, 0.25) is 11.8 Å². The van der Waals surface area contributed by atoms with Gasteiger partial charge in [-0.2, -0.15) is 0 Å². The maximum absolute atomic E-state index is 12.9. The molecule has 1 heterocycles. The minimum Gasteiger partial charge on any atom is -0.466 e. The van der Waals surface area contributed by atoms with Crippen LogP contribution in [0.3, 0.4) is 0 Å². The summed E-state index contributed by atoms with van der Waals surface area (Å²) >= 11 is 0. The van der Waals surface area contributed by atoms with Crippen molar-refractivity contribution in [3.8, 4) is 0 Å². The van der Waals surface area contributed by atoms with Gasteiger partial charge >= 0.3 is 11.9 Å². The lowest BCUT2D eigenvalue weighted by Gasteiger charge is -2.24. The molecule has 352 valence electrons. The molecule has 8 heteroatoms. The van der Waals surface area contributed by atoms with Gasteiger partial charge in [-0.3, -0.25) is 24.1 Å². The number of hydrogen-bond acceptors (Lipinski definition) is 7. The first kappa shape index (κ1) is 56.1. The molecule has 0 spiro atoms. The van der Waals surface area contributed by atoms with E-state index in [2.05, 4.69) is 32.6 Å². The molecule has 1 saturated heterocycles. The highest BCUT2D eigenvalue weighted by molar-refractivity contribution is 6.03. The molecule has 0 aliphatic carbocycles. The Kier molecular flexibility index (Phi) is 38.4. The predicted molar refractivity (Wildman–Crippen MR) is 251 cm³/mol. The second kappa shape index (κ2) is 41.1. The highest BCUT2D eigenvalue weighted by Gasteiger charge is 2.37. The molecule has 0 aromatic heterocycles. The Balaban J connectivity index is 2.40. The summed E-state index contributed by atoms with van der Waals surface area (Å²) in [7, 11) is 0. The van der Waals surface area contributed by atoms with Gasteiger partial charge in [-0.1, -0.05) is 175 Å². The van der Waals surface area contributed by atoms with Crippen LogP contribution in [-0.4, -0.2) is 72.4 Å². The summed E-state index contributed by atoms with van der Waals surface area (Å²) in [5.74, 6) is -0.136. The zero-order valence-electron chi connectivity index (χ0n) is 40.2. The lowest BCUT2D eigenvalue weighted by molar-refractivity contribution is -0.150. The molecule has 1 aliphatic heterocycles. The maximum atomic E-state index is 12.9. The van der Waals surface area contributed by atoms with E-state index in [-0.39, 0.29) is 35.8 Å². The topological polar surface area (TPSA) is 93.2 Å². The van der Waals surface area contributed by atoms with Crippen LogP contribution in [-0.2, 0) is 28.7 Å². The van der Waals surface area contributed by atoms with E-state index in [1.165, 1.54) is 114 Å². The minimum atomic E-state index is -0.121. The van der Waals surface area contributed by atoms with Crippen molar-refractivity contribution in [1.29, 1.82) is 0 Å². The Hall–Kier alpha value is -1.96. The molecule has 1 aliphatic rings. The van der Waals surface area contributed by atoms with Crippen LogP contribution in [0.2, 0.25) is 0 Å². The fraction of sp³-hybridized carbons (Fsp3) is 0.923. The summed E-state index contributed by atoms with van der Waals surface area (Å²) < 4.78 is 11.5. The lowest BCUT2D eigenvalue weighted by atomic mass is 10.0. The van der Waals surface area contributed by atoms with Gasteiger partial charge in [0, 0.05) is 31.7 Å². The Labute approximate surface area is 371 Å². The molecule has 0 bridgehead atoms. The fourth-order valence-corrected chi connectivity index (χ4v) is 8.75. The van der Waals surface area contributed by atoms with E-state index in [1.807, 2.05) is 0 Å². The Morgan fingerprint density at radius 3 is 1.48 bits per heavy atom. The number of hydrogen-bond donors (Lipinski definition) is 0. The number of unbranched alkanes of at least 4 members (excludes halogenated alkanes) is 24. The van der Waals surface area contributed by atoms with Crippen LogP contribution < -0.4 is 0 Å². The number of ether oxygens (including phenoxy) is 2. The molecule has 2 amide bonds. The summed E-state index contributed by atoms with van der Waals surface area (Å²) in [4.78, 5) is 54.5. The number of carbonyl (C=O) groups is 4. The van der Waals surface area contributed by atoms with Crippen LogP contribution in [0.25, 0.3) is 0 Å². The molecule has 1 rings (SSSR count). The van der Waals surface area contributed by atoms with Crippen LogP contribution in [0.1, 0.15) is 265 Å². The summed E-state index contributed by atoms with van der Waals surface area (Å²) in [6.45, 7) is 12.9. The van der Waals surface area contributed by atoms with Gasteiger partial charge < -0.3 is 14.4 Å². The molecule has 0 aromatic rings. The second-order valence-corrected chi connectivity index (χ2v) is 18.4. The van der Waals surface area contributed by atoms with Crippen molar-refractivity contribution in [3.63, 3.8) is 0 Å². The molecular weight excluding hydrogens is 749 g/mol. The van der Waals surface area contributed by atoms with Gasteiger partial charge in [0.05, 0.1) is 6.61 Å². The third kappa shape index (κ3) is 31.8. The van der Waals surface area contributed by atoms with Crippen molar-refractivity contribution in [1.82, 2.24) is 9.80 Å². The Morgan fingerprint density at radius 2 is 0.967 bits per heavy atom. The molecule has 0 saturated carbocycles. The molecular formula is C52H98N2O6. The number of likely N-dealkylation sites (tertiary alicyclic amines) is 1. The largest absolute Gasteiger partial charge is 0.466 e. The van der Waals surface area contributed by atoms with Crippen molar-refractivity contribution in [2.75, 3.05) is 32.8 Å². The molecule has 0 aromatic carbocycles. The highest BCUT2D eigenvalue weighted by atomic mass is 16.5. The first-order valence-corrected chi connectivity index (χ1v) is 26.3. The maximum Gasteiger partial charge on any atom is 0.306 e. The predicted octanol–water partition coefficient (Wildman–Crippen LogP) is 14.2. The van der Waals surface area contributed by atoms with E-state index in [1.54, 1.807) is 0 Å². The zero-order valence-corrected chi connectivity index (χ0v) is 40.2. The molecule has 1 fully saturated rings. The first-order valence-electron chi connectivity index (χ1n) is 26.3. The molecule has 8 nitrogen and oxygen atoms in total. The second-order valence-electron chi connectivity index (χ2n) is 18.4. The van der Waals surface area contributed by atoms with E-state index in [0.29, 0.717) is 32.4 Å². The van der Waals surface area contributed by atoms with E-state index < -0.39 is 0 Å². The van der Waals surface area contributed by atoms with Crippen LogP contribution in [0.5, 0.6) is 0 Å². The molecule has 0 N–H and O–H groups in total. The summed E-state index contributed by atoms with van der Waals surface area (Å²) in [5.41, 5.74) is 0. The van der Waals surface area contributed by atoms with Crippen LogP contribution in [0, 0.1) is 5.92 Å². The minimum absolute atomic E-state index is 0.00157. The van der Waals surface area contributed by atoms with Crippen molar-refractivity contribution in [3.05, 3.63) is 0 Å². The van der Waals surface area contributed by atoms with Crippen molar-refractivity contribution >= 4 is 23.8 Å². The number of nitrogens with zero attached hydrogens (tertiary/aromatic N) is 2. The molecule has 0 radical (unpaired) electrons. The smallest absolute Gasteiger partial charge is 0.306 e. The number of imide groups is 1. The van der Waals surface area contributed by atoms with E-state index in [0.717, 1.165) is 129 Å². The lowest BCUT2D eigenvalue weighted by Crippen LogP contribution is -2.35. The average Bonchev–Trinajstić information content (AvgIpc) is 3.50. The van der Waals surface area contributed by atoms with Crippen molar-refractivity contribution in [2.45, 2.75) is 271 Å². The van der Waals surface area contributed by atoms with Crippen LogP contribution in [0.4, 0.5) is 0 Å². The Morgan fingerprint density at radius 1 is 0.533 bits per heavy atom. The van der Waals surface area contributed by atoms with Gasteiger partial charge in [0.15, 0.2) is 0 Å². The van der Waals surface area contributed by atoms with E-state index >= 15 is 0 Å². The van der Waals surface area contributed by atoms with Crippen LogP contribution in [0.15, 0.2) is 0 Å². The number of carbonyl (C=O) groups excluding carboxylic acids is 4. The fourth-order valence-electron chi connectivity index (χ4n) is 8.75. The standard InChI is InChI=1S/C52H98N2O6/c1-5-9-12-15-18-27-34-45-59-50(56)39-30-23-19-25-32-41-53(43-35-44-54-49(55)46-47(36-8-4)52(54)58)42-33-26-20-24-31-40-51(57)60-48(37-28-21-16-13-10-6-2)38-29-22-17-14-11-7-3/h47-48H,5-46H2,1-4H3. The van der Waals surface area contributed by atoms with Crippen LogP contribution >= 0.6 is 0 Å².